The average Bonchev–Trinajstić information content (AvgIpc) is 2.41. The molecule has 5 heteroatoms. The van der Waals surface area contributed by atoms with E-state index < -0.39 is 0 Å². The average molecular weight is 255 g/mol. The zero-order valence-corrected chi connectivity index (χ0v) is 10.4. The summed E-state index contributed by atoms with van der Waals surface area (Å²) in [5.74, 6) is -0.0495. The maximum atomic E-state index is 14.0. The summed E-state index contributed by atoms with van der Waals surface area (Å²) in [5.41, 5.74) is 0.605. The number of aliphatic hydroxyl groups is 1. The van der Waals surface area contributed by atoms with Gasteiger partial charge in [0.1, 0.15) is 0 Å². The summed E-state index contributed by atoms with van der Waals surface area (Å²) in [5, 5.41) is 9.07. The van der Waals surface area contributed by atoms with Gasteiger partial charge in [-0.2, -0.15) is 0 Å². The largest absolute Gasteiger partial charge is 0.494 e. The lowest BCUT2D eigenvalue weighted by molar-refractivity contribution is -0.0553. The smallest absolute Gasteiger partial charge is 0.169 e. The van der Waals surface area contributed by atoms with Crippen LogP contribution in [0.15, 0.2) is 18.2 Å². The molecule has 4 nitrogen and oxygen atoms in total. The fraction of sp³-hybridized carbons (Fsp3) is 0.538. The van der Waals surface area contributed by atoms with Gasteiger partial charge in [-0.3, -0.25) is 4.90 Å². The van der Waals surface area contributed by atoms with Crippen LogP contribution in [0.3, 0.4) is 0 Å². The van der Waals surface area contributed by atoms with E-state index in [1.807, 2.05) is 0 Å². The summed E-state index contributed by atoms with van der Waals surface area (Å²) in [6.07, 6.45) is -0.174. The summed E-state index contributed by atoms with van der Waals surface area (Å²) in [6, 6.07) is 5.14. The zero-order valence-electron chi connectivity index (χ0n) is 10.4. The molecule has 1 saturated heterocycles. The van der Waals surface area contributed by atoms with Gasteiger partial charge in [0.25, 0.3) is 0 Å². The highest BCUT2D eigenvalue weighted by Gasteiger charge is 2.21. The standard InChI is InChI=1S/C13H18FNO3/c1-17-12-4-2-3-10(13(12)14)7-15-5-6-18-11(8-15)9-16/h2-4,11,16H,5-9H2,1H3. The number of morpholine rings is 1. The minimum absolute atomic E-state index is 0.00288. The van der Waals surface area contributed by atoms with Crippen LogP contribution < -0.4 is 4.74 Å². The van der Waals surface area contributed by atoms with Gasteiger partial charge in [-0.05, 0) is 6.07 Å². The molecular weight excluding hydrogens is 237 g/mol. The first-order valence-corrected chi connectivity index (χ1v) is 6.00. The topological polar surface area (TPSA) is 41.9 Å². The number of methoxy groups -OCH3 is 1. The lowest BCUT2D eigenvalue weighted by atomic mass is 10.1. The molecule has 1 aliphatic heterocycles. The van der Waals surface area contributed by atoms with Crippen molar-refractivity contribution in [2.45, 2.75) is 12.6 Å². The molecule has 18 heavy (non-hydrogen) atoms. The highest BCUT2D eigenvalue weighted by molar-refractivity contribution is 5.31. The third-order valence-electron chi connectivity index (χ3n) is 3.08. The van der Waals surface area contributed by atoms with Gasteiger partial charge in [-0.1, -0.05) is 12.1 Å². The summed E-state index contributed by atoms with van der Waals surface area (Å²) in [6.45, 7) is 2.43. The molecule has 0 spiro atoms. The van der Waals surface area contributed by atoms with Crippen molar-refractivity contribution in [3.05, 3.63) is 29.6 Å². The Morgan fingerprint density at radius 3 is 3.11 bits per heavy atom. The number of hydrogen-bond donors (Lipinski definition) is 1. The van der Waals surface area contributed by atoms with Crippen LogP contribution in [0, 0.1) is 5.82 Å². The van der Waals surface area contributed by atoms with Gasteiger partial charge in [0.2, 0.25) is 0 Å². The third kappa shape index (κ3) is 2.98. The van der Waals surface area contributed by atoms with E-state index in [9.17, 15) is 4.39 Å². The molecule has 1 aliphatic rings. The SMILES string of the molecule is COc1cccc(CN2CCOC(CO)C2)c1F. The minimum Gasteiger partial charge on any atom is -0.494 e. The molecule has 0 aliphatic carbocycles. The zero-order chi connectivity index (χ0) is 13.0. The molecule has 0 amide bonds. The van der Waals surface area contributed by atoms with Crippen molar-refractivity contribution in [2.75, 3.05) is 33.4 Å². The van der Waals surface area contributed by atoms with Crippen molar-refractivity contribution < 1.29 is 19.0 Å². The first kappa shape index (κ1) is 13.3. The Bertz CT molecular complexity index is 400. The van der Waals surface area contributed by atoms with Crippen molar-refractivity contribution in [3.8, 4) is 5.75 Å². The van der Waals surface area contributed by atoms with Crippen molar-refractivity contribution in [2.24, 2.45) is 0 Å². The van der Waals surface area contributed by atoms with Crippen LogP contribution in [-0.4, -0.2) is 49.5 Å². The summed E-state index contributed by atoms with van der Waals surface area (Å²) < 4.78 is 24.3. The van der Waals surface area contributed by atoms with Crippen LogP contribution in [0.2, 0.25) is 0 Å². The number of nitrogens with zero attached hydrogens (tertiary/aromatic N) is 1. The highest BCUT2D eigenvalue weighted by atomic mass is 19.1. The van der Waals surface area contributed by atoms with E-state index >= 15 is 0 Å². The molecule has 1 unspecified atom stereocenters. The highest BCUT2D eigenvalue weighted by Crippen LogP contribution is 2.21. The van der Waals surface area contributed by atoms with Gasteiger partial charge in [0.15, 0.2) is 11.6 Å². The van der Waals surface area contributed by atoms with Crippen molar-refractivity contribution in [1.82, 2.24) is 4.90 Å². The van der Waals surface area contributed by atoms with E-state index in [-0.39, 0.29) is 24.3 Å². The molecule has 0 bridgehead atoms. The molecule has 1 fully saturated rings. The van der Waals surface area contributed by atoms with Crippen LogP contribution >= 0.6 is 0 Å². The fourth-order valence-corrected chi connectivity index (χ4v) is 2.11. The van der Waals surface area contributed by atoms with Gasteiger partial charge < -0.3 is 14.6 Å². The molecule has 0 aromatic heterocycles. The number of halogens is 1. The van der Waals surface area contributed by atoms with E-state index in [0.717, 1.165) is 6.54 Å². The summed E-state index contributed by atoms with van der Waals surface area (Å²) in [7, 11) is 1.46. The summed E-state index contributed by atoms with van der Waals surface area (Å²) >= 11 is 0. The van der Waals surface area contributed by atoms with Crippen LogP contribution in [0.25, 0.3) is 0 Å². The van der Waals surface area contributed by atoms with Gasteiger partial charge >= 0.3 is 0 Å². The van der Waals surface area contributed by atoms with Crippen molar-refractivity contribution in [3.63, 3.8) is 0 Å². The number of benzene rings is 1. The first-order chi connectivity index (χ1) is 8.74. The Morgan fingerprint density at radius 2 is 2.39 bits per heavy atom. The number of rotatable bonds is 4. The number of hydrogen-bond acceptors (Lipinski definition) is 4. The normalized spacial score (nSPS) is 20.9. The van der Waals surface area contributed by atoms with E-state index in [2.05, 4.69) is 4.90 Å². The first-order valence-electron chi connectivity index (χ1n) is 6.00. The summed E-state index contributed by atoms with van der Waals surface area (Å²) in [4.78, 5) is 2.07. The van der Waals surface area contributed by atoms with Crippen molar-refractivity contribution in [1.29, 1.82) is 0 Å². The second-order valence-electron chi connectivity index (χ2n) is 4.34. The van der Waals surface area contributed by atoms with E-state index in [1.165, 1.54) is 7.11 Å². The fourth-order valence-electron chi connectivity index (χ4n) is 2.11. The van der Waals surface area contributed by atoms with E-state index in [0.29, 0.717) is 25.3 Å². The van der Waals surface area contributed by atoms with Crippen LogP contribution in [-0.2, 0) is 11.3 Å². The second kappa shape index (κ2) is 6.13. The van der Waals surface area contributed by atoms with Crippen LogP contribution in [0.1, 0.15) is 5.56 Å². The molecule has 1 aromatic carbocycles. The molecule has 1 aromatic rings. The quantitative estimate of drug-likeness (QED) is 0.872. The number of aliphatic hydroxyl groups excluding tert-OH is 1. The molecule has 1 atom stereocenters. The second-order valence-corrected chi connectivity index (χ2v) is 4.34. The van der Waals surface area contributed by atoms with Gasteiger partial charge in [-0.25, -0.2) is 4.39 Å². The lowest BCUT2D eigenvalue weighted by Gasteiger charge is -2.32. The van der Waals surface area contributed by atoms with Crippen LogP contribution in [0.5, 0.6) is 5.75 Å². The molecule has 1 N–H and O–H groups in total. The maximum Gasteiger partial charge on any atom is 0.169 e. The predicted octanol–water partition coefficient (Wildman–Crippen LogP) is 1.03. The molecule has 1 heterocycles. The van der Waals surface area contributed by atoms with E-state index in [4.69, 9.17) is 14.6 Å². The molecule has 0 radical (unpaired) electrons. The maximum absolute atomic E-state index is 14.0. The van der Waals surface area contributed by atoms with Crippen LogP contribution in [0.4, 0.5) is 4.39 Å². The number of ether oxygens (including phenoxy) is 2. The Morgan fingerprint density at radius 1 is 1.56 bits per heavy atom. The third-order valence-corrected chi connectivity index (χ3v) is 3.08. The van der Waals surface area contributed by atoms with Crippen molar-refractivity contribution >= 4 is 0 Å². The Balaban J connectivity index is 2.04. The predicted molar refractivity (Wildman–Crippen MR) is 65.1 cm³/mol. The Kier molecular flexibility index (Phi) is 4.52. The van der Waals surface area contributed by atoms with Gasteiger partial charge in [-0.15, -0.1) is 0 Å². The van der Waals surface area contributed by atoms with E-state index in [1.54, 1.807) is 18.2 Å². The molecular formula is C13H18FNO3. The molecule has 2 rings (SSSR count). The Hall–Kier alpha value is -1.17. The monoisotopic (exact) mass is 255 g/mol. The lowest BCUT2D eigenvalue weighted by Crippen LogP contribution is -2.43. The van der Waals surface area contributed by atoms with Gasteiger partial charge in [0.05, 0.1) is 26.4 Å². The molecule has 0 saturated carbocycles. The Labute approximate surface area is 106 Å². The van der Waals surface area contributed by atoms with Gasteiger partial charge in [0, 0.05) is 25.2 Å². The molecule has 100 valence electrons. The minimum atomic E-state index is -0.313.